The Bertz CT molecular complexity index is 526. The summed E-state index contributed by atoms with van der Waals surface area (Å²) in [6.45, 7) is -0.146. The Hall–Kier alpha value is -1.63. The maximum absolute atomic E-state index is 13.8. The van der Waals surface area contributed by atoms with E-state index in [0.29, 0.717) is 12.5 Å². The van der Waals surface area contributed by atoms with E-state index in [1.54, 1.807) is 0 Å². The summed E-state index contributed by atoms with van der Waals surface area (Å²) >= 11 is 0. The predicted octanol–water partition coefficient (Wildman–Crippen LogP) is 2.74. The van der Waals surface area contributed by atoms with E-state index in [0.717, 1.165) is 25.0 Å². The van der Waals surface area contributed by atoms with Gasteiger partial charge in [-0.3, -0.25) is 4.79 Å². The van der Waals surface area contributed by atoms with E-state index in [2.05, 4.69) is 5.32 Å². The molecule has 1 aliphatic carbocycles. The van der Waals surface area contributed by atoms with Gasteiger partial charge in [0.05, 0.1) is 11.1 Å². The second-order valence-electron chi connectivity index (χ2n) is 5.09. The van der Waals surface area contributed by atoms with Crippen LogP contribution < -0.4 is 5.32 Å². The van der Waals surface area contributed by atoms with Gasteiger partial charge in [-0.1, -0.05) is 6.07 Å². The minimum Gasteiger partial charge on any atom is -0.396 e. The summed E-state index contributed by atoms with van der Waals surface area (Å²) in [5.74, 6) is -2.25. The molecule has 0 spiro atoms. The Kier molecular flexibility index (Phi) is 4.51. The van der Waals surface area contributed by atoms with Crippen molar-refractivity contribution in [2.24, 2.45) is 5.92 Å². The Morgan fingerprint density at radius 1 is 1.38 bits per heavy atom. The molecule has 1 aromatic carbocycles. The predicted molar refractivity (Wildman–Crippen MR) is 67.1 cm³/mol. The van der Waals surface area contributed by atoms with Gasteiger partial charge >= 0.3 is 6.18 Å². The van der Waals surface area contributed by atoms with Crippen molar-refractivity contribution in [1.82, 2.24) is 5.32 Å². The van der Waals surface area contributed by atoms with E-state index in [1.165, 1.54) is 0 Å². The lowest BCUT2D eigenvalue weighted by molar-refractivity contribution is -0.140. The maximum Gasteiger partial charge on any atom is 0.419 e. The molecule has 0 heterocycles. The highest BCUT2D eigenvalue weighted by atomic mass is 19.4. The molecular weight excluding hydrogens is 290 g/mol. The van der Waals surface area contributed by atoms with Crippen molar-refractivity contribution in [2.75, 3.05) is 6.61 Å². The van der Waals surface area contributed by atoms with Gasteiger partial charge in [0.25, 0.3) is 5.91 Å². The number of halogens is 4. The van der Waals surface area contributed by atoms with Crippen LogP contribution in [-0.2, 0) is 6.18 Å². The normalized spacial score (nSPS) is 16.6. The molecule has 116 valence electrons. The Balaban J connectivity index is 2.19. The third-order valence-corrected chi connectivity index (χ3v) is 3.50. The fourth-order valence-electron chi connectivity index (χ4n) is 2.24. The molecule has 0 radical (unpaired) electrons. The Morgan fingerprint density at radius 2 is 2.05 bits per heavy atom. The van der Waals surface area contributed by atoms with Gasteiger partial charge in [-0.2, -0.15) is 13.2 Å². The largest absolute Gasteiger partial charge is 0.419 e. The summed E-state index contributed by atoms with van der Waals surface area (Å²) in [6.07, 6.45) is -2.77. The molecule has 0 saturated heterocycles. The van der Waals surface area contributed by atoms with Crippen molar-refractivity contribution in [3.05, 3.63) is 35.1 Å². The van der Waals surface area contributed by atoms with Crippen LogP contribution in [0.3, 0.4) is 0 Å². The number of rotatable bonds is 5. The molecule has 1 aromatic rings. The zero-order chi connectivity index (χ0) is 15.6. The van der Waals surface area contributed by atoms with Crippen LogP contribution in [0.5, 0.6) is 0 Å². The monoisotopic (exact) mass is 305 g/mol. The molecule has 2 rings (SSSR count). The van der Waals surface area contributed by atoms with Gasteiger partial charge in [0, 0.05) is 12.6 Å². The van der Waals surface area contributed by atoms with E-state index in [-0.39, 0.29) is 18.6 Å². The van der Waals surface area contributed by atoms with Gasteiger partial charge in [0.15, 0.2) is 0 Å². The topological polar surface area (TPSA) is 49.3 Å². The summed E-state index contributed by atoms with van der Waals surface area (Å²) in [5, 5.41) is 11.4. The van der Waals surface area contributed by atoms with Crippen LogP contribution in [0, 0.1) is 11.7 Å². The number of nitrogens with one attached hydrogen (secondary N) is 1. The average molecular weight is 305 g/mol. The summed E-state index contributed by atoms with van der Waals surface area (Å²) in [7, 11) is 0. The van der Waals surface area contributed by atoms with Crippen molar-refractivity contribution >= 4 is 5.91 Å². The van der Waals surface area contributed by atoms with Crippen LogP contribution in [0.1, 0.15) is 35.2 Å². The van der Waals surface area contributed by atoms with Gasteiger partial charge in [-0.05, 0) is 37.3 Å². The molecule has 2 N–H and O–H groups in total. The highest BCUT2D eigenvalue weighted by Crippen LogP contribution is 2.35. The number of hydrogen-bond donors (Lipinski definition) is 2. The van der Waals surface area contributed by atoms with Crippen molar-refractivity contribution in [3.8, 4) is 0 Å². The fourth-order valence-corrected chi connectivity index (χ4v) is 2.24. The van der Waals surface area contributed by atoms with E-state index < -0.39 is 29.0 Å². The highest BCUT2D eigenvalue weighted by Gasteiger charge is 2.37. The molecule has 0 aromatic heterocycles. The van der Waals surface area contributed by atoms with Crippen LogP contribution in [0.15, 0.2) is 18.2 Å². The first-order valence-corrected chi connectivity index (χ1v) is 6.62. The minimum absolute atomic E-state index is 0.146. The van der Waals surface area contributed by atoms with Crippen LogP contribution in [0.2, 0.25) is 0 Å². The van der Waals surface area contributed by atoms with Crippen molar-refractivity contribution < 1.29 is 27.5 Å². The molecule has 3 nitrogen and oxygen atoms in total. The third-order valence-electron chi connectivity index (χ3n) is 3.50. The van der Waals surface area contributed by atoms with E-state index in [9.17, 15) is 22.4 Å². The van der Waals surface area contributed by atoms with Crippen molar-refractivity contribution in [3.63, 3.8) is 0 Å². The Morgan fingerprint density at radius 3 is 2.57 bits per heavy atom. The van der Waals surface area contributed by atoms with Crippen molar-refractivity contribution in [1.29, 1.82) is 0 Å². The average Bonchev–Trinajstić information content (AvgIpc) is 3.21. The molecule has 7 heteroatoms. The van der Waals surface area contributed by atoms with E-state index >= 15 is 0 Å². The molecule has 1 unspecified atom stereocenters. The molecule has 1 aliphatic rings. The van der Waals surface area contributed by atoms with Gasteiger partial charge in [-0.25, -0.2) is 4.39 Å². The lowest BCUT2D eigenvalue weighted by Gasteiger charge is -2.18. The van der Waals surface area contributed by atoms with Gasteiger partial charge in [0.2, 0.25) is 0 Å². The van der Waals surface area contributed by atoms with Crippen molar-refractivity contribution in [2.45, 2.75) is 31.5 Å². The van der Waals surface area contributed by atoms with Crippen LogP contribution >= 0.6 is 0 Å². The third kappa shape index (κ3) is 3.72. The summed E-state index contributed by atoms with van der Waals surface area (Å²) in [4.78, 5) is 12.0. The van der Waals surface area contributed by atoms with E-state index in [4.69, 9.17) is 5.11 Å². The number of amides is 1. The lowest BCUT2D eigenvalue weighted by Crippen LogP contribution is -2.37. The zero-order valence-corrected chi connectivity index (χ0v) is 11.1. The first kappa shape index (κ1) is 15.8. The molecule has 1 amide bonds. The second kappa shape index (κ2) is 6.01. The number of carbonyl (C=O) groups excluding carboxylic acids is 1. The minimum atomic E-state index is -4.85. The Labute approximate surface area is 119 Å². The number of hydrogen-bond acceptors (Lipinski definition) is 2. The molecule has 21 heavy (non-hydrogen) atoms. The van der Waals surface area contributed by atoms with Crippen LogP contribution in [-0.4, -0.2) is 23.7 Å². The smallest absolute Gasteiger partial charge is 0.396 e. The standard InChI is InChI=1S/C14H15F4NO2/c15-12-9(2-1-3-10(12)14(16,17)18)13(21)19-11(6-7-20)8-4-5-8/h1-3,8,11,20H,4-7H2,(H,19,21). The molecular formula is C14H15F4NO2. The molecule has 1 fully saturated rings. The first-order chi connectivity index (χ1) is 9.84. The van der Waals surface area contributed by atoms with Gasteiger partial charge in [0.1, 0.15) is 5.82 Å². The summed E-state index contributed by atoms with van der Waals surface area (Å²) < 4.78 is 51.7. The second-order valence-corrected chi connectivity index (χ2v) is 5.09. The highest BCUT2D eigenvalue weighted by molar-refractivity contribution is 5.95. The number of aliphatic hydroxyl groups excluding tert-OH is 1. The van der Waals surface area contributed by atoms with Crippen LogP contribution in [0.25, 0.3) is 0 Å². The quantitative estimate of drug-likeness (QED) is 0.822. The van der Waals surface area contributed by atoms with Gasteiger partial charge < -0.3 is 10.4 Å². The zero-order valence-electron chi connectivity index (χ0n) is 11.1. The van der Waals surface area contributed by atoms with Gasteiger partial charge in [-0.15, -0.1) is 0 Å². The fraction of sp³-hybridized carbons (Fsp3) is 0.500. The first-order valence-electron chi connectivity index (χ1n) is 6.62. The van der Waals surface area contributed by atoms with Crippen LogP contribution in [0.4, 0.5) is 17.6 Å². The number of benzene rings is 1. The molecule has 0 bridgehead atoms. The number of aliphatic hydroxyl groups is 1. The molecule has 0 aliphatic heterocycles. The summed E-state index contributed by atoms with van der Waals surface area (Å²) in [5.41, 5.74) is -2.09. The molecule has 1 saturated carbocycles. The van der Waals surface area contributed by atoms with E-state index in [1.807, 2.05) is 0 Å². The number of carbonyl (C=O) groups is 1. The SMILES string of the molecule is O=C(NC(CCO)C1CC1)c1cccc(C(F)(F)F)c1F. The maximum atomic E-state index is 13.8. The number of alkyl halides is 3. The lowest BCUT2D eigenvalue weighted by atomic mass is 10.1. The molecule has 1 atom stereocenters. The summed E-state index contributed by atoms with van der Waals surface area (Å²) in [6, 6.07) is 2.27.